The average molecular weight is 301 g/mol. The molecule has 0 aliphatic rings. The maximum atomic E-state index is 13.0. The van der Waals surface area contributed by atoms with Gasteiger partial charge in [-0.3, -0.25) is 0 Å². The van der Waals surface area contributed by atoms with Crippen molar-refractivity contribution < 1.29 is 18.7 Å². The molecule has 4 nitrogen and oxygen atoms in total. The van der Waals surface area contributed by atoms with E-state index in [0.29, 0.717) is 17.0 Å². The highest BCUT2D eigenvalue weighted by molar-refractivity contribution is 6.43. The fourth-order valence-electron chi connectivity index (χ4n) is 1.82. The molecule has 2 aromatic rings. The van der Waals surface area contributed by atoms with Crippen LogP contribution in [0.3, 0.4) is 0 Å². The Morgan fingerprint density at radius 3 is 2.27 bits per heavy atom. The number of rotatable bonds is 5. The molecule has 0 amide bonds. The molecule has 0 radical (unpaired) electrons. The predicted molar refractivity (Wildman–Crippen MR) is 82.2 cm³/mol. The lowest BCUT2D eigenvalue weighted by molar-refractivity contribution is -0.134. The summed E-state index contributed by atoms with van der Waals surface area (Å²) in [6.45, 7) is 1.95. The van der Waals surface area contributed by atoms with Crippen LogP contribution in [0.15, 0.2) is 53.5 Å². The van der Waals surface area contributed by atoms with Crippen LogP contribution in [0.1, 0.15) is 12.5 Å². The Bertz CT molecular complexity index is 663. The molecule has 0 unspecified atom stereocenters. The zero-order valence-electron chi connectivity index (χ0n) is 12.4. The minimum Gasteiger partial charge on any atom is -0.497 e. The summed E-state index contributed by atoms with van der Waals surface area (Å²) >= 11 is 0. The average Bonchev–Trinajstić information content (AvgIpc) is 2.54. The van der Waals surface area contributed by atoms with Gasteiger partial charge >= 0.3 is 5.97 Å². The van der Waals surface area contributed by atoms with Gasteiger partial charge in [0.15, 0.2) is 5.71 Å². The normalized spacial score (nSPS) is 11.1. The van der Waals surface area contributed by atoms with Crippen molar-refractivity contribution in [3.8, 4) is 5.75 Å². The lowest BCUT2D eigenvalue weighted by Crippen LogP contribution is -2.18. The number of esters is 1. The van der Waals surface area contributed by atoms with Crippen molar-refractivity contribution >= 4 is 17.4 Å². The van der Waals surface area contributed by atoms with Gasteiger partial charge in [0.05, 0.1) is 19.4 Å². The summed E-state index contributed by atoms with van der Waals surface area (Å²) in [5.41, 5.74) is 1.20. The van der Waals surface area contributed by atoms with Crippen LogP contribution in [0.2, 0.25) is 0 Å². The van der Waals surface area contributed by atoms with Crippen LogP contribution in [0, 0.1) is 5.82 Å². The Hall–Kier alpha value is -2.69. The van der Waals surface area contributed by atoms with Crippen LogP contribution in [0.5, 0.6) is 5.75 Å². The first-order valence-electron chi connectivity index (χ1n) is 6.80. The molecule has 0 atom stereocenters. The first-order valence-corrected chi connectivity index (χ1v) is 6.80. The minimum absolute atomic E-state index is 0.131. The zero-order valence-corrected chi connectivity index (χ0v) is 12.4. The number of aliphatic imine (C=N–C) groups is 1. The fraction of sp³-hybridized carbons (Fsp3) is 0.176. The van der Waals surface area contributed by atoms with E-state index in [-0.39, 0.29) is 18.1 Å². The van der Waals surface area contributed by atoms with Crippen molar-refractivity contribution in [3.63, 3.8) is 0 Å². The molecule has 0 aromatic heterocycles. The highest BCUT2D eigenvalue weighted by atomic mass is 19.1. The van der Waals surface area contributed by atoms with Crippen LogP contribution >= 0.6 is 0 Å². The minimum atomic E-state index is -0.551. The molecule has 22 heavy (non-hydrogen) atoms. The van der Waals surface area contributed by atoms with Gasteiger partial charge in [0.1, 0.15) is 11.6 Å². The van der Waals surface area contributed by atoms with Crippen molar-refractivity contribution in [1.29, 1.82) is 0 Å². The molecule has 2 aromatic carbocycles. The topological polar surface area (TPSA) is 47.9 Å². The van der Waals surface area contributed by atoms with Gasteiger partial charge in [-0.15, -0.1) is 0 Å². The van der Waals surface area contributed by atoms with Crippen molar-refractivity contribution in [3.05, 3.63) is 59.9 Å². The first kappa shape index (κ1) is 15.7. The lowest BCUT2D eigenvalue weighted by atomic mass is 10.1. The Labute approximate surface area is 128 Å². The zero-order chi connectivity index (χ0) is 15.9. The lowest BCUT2D eigenvalue weighted by Gasteiger charge is -2.07. The summed E-state index contributed by atoms with van der Waals surface area (Å²) in [5.74, 6) is -0.236. The monoisotopic (exact) mass is 301 g/mol. The molecule has 0 N–H and O–H groups in total. The quantitative estimate of drug-likeness (QED) is 0.627. The molecular formula is C17H16FNO3. The van der Waals surface area contributed by atoms with Gasteiger partial charge in [-0.05, 0) is 55.5 Å². The van der Waals surface area contributed by atoms with E-state index < -0.39 is 5.97 Å². The predicted octanol–water partition coefficient (Wildman–Crippen LogP) is 3.52. The molecule has 5 heteroatoms. The van der Waals surface area contributed by atoms with Crippen LogP contribution in [-0.2, 0) is 9.53 Å². The Morgan fingerprint density at radius 1 is 1.09 bits per heavy atom. The number of hydrogen-bond acceptors (Lipinski definition) is 4. The molecular weight excluding hydrogens is 285 g/mol. The summed E-state index contributed by atoms with van der Waals surface area (Å²) in [6.07, 6.45) is 0. The van der Waals surface area contributed by atoms with Crippen molar-refractivity contribution in [2.75, 3.05) is 13.7 Å². The van der Waals surface area contributed by atoms with E-state index >= 15 is 0 Å². The third kappa shape index (κ3) is 3.91. The Kier molecular flexibility index (Phi) is 5.25. The van der Waals surface area contributed by atoms with Crippen molar-refractivity contribution in [2.24, 2.45) is 4.99 Å². The second-order valence-electron chi connectivity index (χ2n) is 4.39. The number of carbonyl (C=O) groups excluding carboxylic acids is 1. The summed E-state index contributed by atoms with van der Waals surface area (Å²) in [7, 11) is 1.57. The number of hydrogen-bond donors (Lipinski definition) is 0. The second-order valence-corrected chi connectivity index (χ2v) is 4.39. The van der Waals surface area contributed by atoms with E-state index in [9.17, 15) is 9.18 Å². The number of carbonyl (C=O) groups is 1. The fourth-order valence-corrected chi connectivity index (χ4v) is 1.82. The van der Waals surface area contributed by atoms with Crippen LogP contribution in [0.25, 0.3) is 0 Å². The van der Waals surface area contributed by atoms with Crippen molar-refractivity contribution in [2.45, 2.75) is 6.92 Å². The third-order valence-electron chi connectivity index (χ3n) is 2.90. The summed E-state index contributed by atoms with van der Waals surface area (Å²) in [5, 5.41) is 0. The number of halogens is 1. The summed E-state index contributed by atoms with van der Waals surface area (Å²) in [6, 6.07) is 12.5. The van der Waals surface area contributed by atoms with Gasteiger partial charge in [0.25, 0.3) is 0 Å². The Morgan fingerprint density at radius 2 is 1.73 bits per heavy atom. The highest BCUT2D eigenvalue weighted by Crippen LogP contribution is 2.19. The highest BCUT2D eigenvalue weighted by Gasteiger charge is 2.15. The van der Waals surface area contributed by atoms with E-state index in [4.69, 9.17) is 9.47 Å². The van der Waals surface area contributed by atoms with Gasteiger partial charge in [0.2, 0.25) is 0 Å². The van der Waals surface area contributed by atoms with E-state index in [1.54, 1.807) is 38.3 Å². The van der Waals surface area contributed by atoms with Crippen LogP contribution in [-0.4, -0.2) is 25.4 Å². The standard InChI is InChI=1S/C17H16FNO3/c1-3-22-17(20)16(12-4-6-13(18)7-5-12)19-14-8-10-15(21-2)11-9-14/h4-11H,3H2,1-2H3. The van der Waals surface area contributed by atoms with Crippen LogP contribution in [0.4, 0.5) is 10.1 Å². The number of ether oxygens (including phenoxy) is 2. The molecule has 0 aliphatic heterocycles. The third-order valence-corrected chi connectivity index (χ3v) is 2.90. The van der Waals surface area contributed by atoms with E-state index in [0.717, 1.165) is 0 Å². The number of benzene rings is 2. The second kappa shape index (κ2) is 7.36. The molecule has 0 spiro atoms. The van der Waals surface area contributed by atoms with Crippen molar-refractivity contribution in [1.82, 2.24) is 0 Å². The maximum absolute atomic E-state index is 13.0. The first-order chi connectivity index (χ1) is 10.6. The van der Waals surface area contributed by atoms with Crippen LogP contribution < -0.4 is 4.74 Å². The number of methoxy groups -OCH3 is 1. The molecule has 0 aliphatic carbocycles. The molecule has 0 saturated heterocycles. The molecule has 0 bridgehead atoms. The van der Waals surface area contributed by atoms with Gasteiger partial charge in [-0.1, -0.05) is 0 Å². The summed E-state index contributed by atoms with van der Waals surface area (Å²) < 4.78 is 23.1. The van der Waals surface area contributed by atoms with Gasteiger partial charge < -0.3 is 9.47 Å². The van der Waals surface area contributed by atoms with Gasteiger partial charge in [0, 0.05) is 5.56 Å². The smallest absolute Gasteiger partial charge is 0.357 e. The molecule has 0 heterocycles. The number of nitrogens with zero attached hydrogens (tertiary/aromatic N) is 1. The van der Waals surface area contributed by atoms with E-state index in [1.165, 1.54) is 24.3 Å². The maximum Gasteiger partial charge on any atom is 0.357 e. The SMILES string of the molecule is CCOC(=O)C(=Nc1ccc(OC)cc1)c1ccc(F)cc1. The summed E-state index contributed by atoms with van der Waals surface area (Å²) in [4.78, 5) is 16.4. The van der Waals surface area contributed by atoms with Gasteiger partial charge in [-0.2, -0.15) is 0 Å². The molecule has 2 rings (SSSR count). The van der Waals surface area contributed by atoms with E-state index in [2.05, 4.69) is 4.99 Å². The Balaban J connectivity index is 2.40. The molecule has 0 saturated carbocycles. The molecule has 114 valence electrons. The molecule has 0 fully saturated rings. The largest absolute Gasteiger partial charge is 0.497 e. The van der Waals surface area contributed by atoms with Gasteiger partial charge in [-0.25, -0.2) is 14.2 Å². The van der Waals surface area contributed by atoms with E-state index in [1.807, 2.05) is 0 Å².